The zero-order valence-electron chi connectivity index (χ0n) is 13.0. The highest BCUT2D eigenvalue weighted by Gasteiger charge is 2.21. The number of phenols is 1. The van der Waals surface area contributed by atoms with Crippen molar-refractivity contribution in [2.75, 3.05) is 13.2 Å². The Bertz CT molecular complexity index is 400. The molecule has 0 spiro atoms. The first-order chi connectivity index (χ1) is 10.2. The lowest BCUT2D eigenvalue weighted by atomic mass is 10.1. The van der Waals surface area contributed by atoms with Crippen molar-refractivity contribution < 1.29 is 19.4 Å². The summed E-state index contributed by atoms with van der Waals surface area (Å²) in [4.78, 5) is 12.1. The topological polar surface area (TPSA) is 55.8 Å². The number of carbonyl (C=O) groups excluding carboxylic acids is 1. The van der Waals surface area contributed by atoms with E-state index in [0.717, 1.165) is 31.2 Å². The zero-order valence-corrected chi connectivity index (χ0v) is 13.0. The summed E-state index contributed by atoms with van der Waals surface area (Å²) < 4.78 is 10.9. The molecule has 0 heterocycles. The Morgan fingerprint density at radius 2 is 1.71 bits per heavy atom. The van der Waals surface area contributed by atoms with Gasteiger partial charge in [-0.05, 0) is 30.5 Å². The maximum Gasteiger partial charge on any atom is 0.335 e. The second-order valence-corrected chi connectivity index (χ2v) is 5.10. The minimum atomic E-state index is -0.571. The number of benzene rings is 1. The van der Waals surface area contributed by atoms with Gasteiger partial charge in [0.1, 0.15) is 5.75 Å². The fraction of sp³-hybridized carbons (Fsp3) is 0.588. The zero-order chi connectivity index (χ0) is 15.5. The van der Waals surface area contributed by atoms with Gasteiger partial charge in [-0.15, -0.1) is 0 Å². The van der Waals surface area contributed by atoms with Crippen LogP contribution in [0.2, 0.25) is 0 Å². The predicted octanol–water partition coefficient (Wildman–Crippen LogP) is 3.46. The van der Waals surface area contributed by atoms with Gasteiger partial charge in [0.05, 0.1) is 6.61 Å². The minimum Gasteiger partial charge on any atom is -0.508 e. The van der Waals surface area contributed by atoms with Crippen LogP contribution in [0.3, 0.4) is 0 Å². The molecule has 21 heavy (non-hydrogen) atoms. The van der Waals surface area contributed by atoms with Gasteiger partial charge in [0.15, 0.2) is 6.10 Å². The van der Waals surface area contributed by atoms with Gasteiger partial charge in [-0.3, -0.25) is 0 Å². The Hall–Kier alpha value is -1.55. The number of ether oxygens (including phenoxy) is 2. The molecular formula is C17H26O4. The van der Waals surface area contributed by atoms with Crippen LogP contribution in [0.15, 0.2) is 24.3 Å². The SMILES string of the molecule is CCCCOC(=O)[C@@H](Cc1ccc(O)cc1)OCCCC. The summed E-state index contributed by atoms with van der Waals surface area (Å²) in [6, 6.07) is 6.82. The molecule has 0 aliphatic rings. The molecule has 1 atom stereocenters. The van der Waals surface area contributed by atoms with E-state index in [1.165, 1.54) is 0 Å². The number of carbonyl (C=O) groups is 1. The summed E-state index contributed by atoms with van der Waals surface area (Å²) in [5, 5.41) is 9.29. The Balaban J connectivity index is 2.57. The lowest BCUT2D eigenvalue weighted by molar-refractivity contribution is -0.157. The van der Waals surface area contributed by atoms with Crippen LogP contribution >= 0.6 is 0 Å². The van der Waals surface area contributed by atoms with Crippen molar-refractivity contribution in [3.63, 3.8) is 0 Å². The van der Waals surface area contributed by atoms with Crippen LogP contribution in [-0.2, 0) is 20.7 Å². The summed E-state index contributed by atoms with van der Waals surface area (Å²) in [7, 11) is 0. The predicted molar refractivity (Wildman–Crippen MR) is 82.3 cm³/mol. The fourth-order valence-electron chi connectivity index (χ4n) is 1.84. The third kappa shape index (κ3) is 7.14. The molecule has 0 aliphatic carbocycles. The van der Waals surface area contributed by atoms with Gasteiger partial charge in [-0.25, -0.2) is 4.79 Å². The molecule has 4 nitrogen and oxygen atoms in total. The maximum absolute atomic E-state index is 12.1. The van der Waals surface area contributed by atoms with Crippen molar-refractivity contribution in [3.8, 4) is 5.75 Å². The van der Waals surface area contributed by atoms with Gasteiger partial charge in [-0.1, -0.05) is 38.8 Å². The summed E-state index contributed by atoms with van der Waals surface area (Å²) >= 11 is 0. The number of hydrogen-bond acceptors (Lipinski definition) is 4. The summed E-state index contributed by atoms with van der Waals surface area (Å²) in [5.41, 5.74) is 0.946. The van der Waals surface area contributed by atoms with Crippen molar-refractivity contribution in [1.29, 1.82) is 0 Å². The molecule has 1 rings (SSSR count). The highest BCUT2D eigenvalue weighted by molar-refractivity contribution is 5.75. The molecule has 1 aromatic carbocycles. The molecule has 0 fully saturated rings. The van der Waals surface area contributed by atoms with E-state index in [1.807, 2.05) is 0 Å². The van der Waals surface area contributed by atoms with Gasteiger partial charge in [0, 0.05) is 13.0 Å². The third-order valence-corrected chi connectivity index (χ3v) is 3.18. The van der Waals surface area contributed by atoms with Crippen molar-refractivity contribution in [3.05, 3.63) is 29.8 Å². The van der Waals surface area contributed by atoms with Crippen LogP contribution in [0.25, 0.3) is 0 Å². The van der Waals surface area contributed by atoms with Crippen molar-refractivity contribution >= 4 is 5.97 Å². The maximum atomic E-state index is 12.1. The van der Waals surface area contributed by atoms with Gasteiger partial charge < -0.3 is 14.6 Å². The molecule has 0 aliphatic heterocycles. The van der Waals surface area contributed by atoms with Crippen LogP contribution in [0, 0.1) is 0 Å². The van der Waals surface area contributed by atoms with E-state index in [0.29, 0.717) is 19.6 Å². The van der Waals surface area contributed by atoms with E-state index in [9.17, 15) is 9.90 Å². The first-order valence-corrected chi connectivity index (χ1v) is 7.73. The summed E-state index contributed by atoms with van der Waals surface area (Å²) in [5.74, 6) is -0.0830. The molecule has 0 aromatic heterocycles. The number of hydrogen-bond donors (Lipinski definition) is 1. The van der Waals surface area contributed by atoms with Crippen molar-refractivity contribution in [2.45, 2.75) is 52.1 Å². The Morgan fingerprint density at radius 3 is 2.33 bits per heavy atom. The molecule has 0 radical (unpaired) electrons. The van der Waals surface area contributed by atoms with Gasteiger partial charge in [0.25, 0.3) is 0 Å². The number of rotatable bonds is 10. The van der Waals surface area contributed by atoms with E-state index in [4.69, 9.17) is 9.47 Å². The lowest BCUT2D eigenvalue weighted by Gasteiger charge is -2.17. The average molecular weight is 294 g/mol. The molecule has 0 unspecified atom stereocenters. The Labute approximate surface area is 127 Å². The summed E-state index contributed by atoms with van der Waals surface area (Å²) in [6.07, 6.45) is 3.71. The number of unbranched alkanes of at least 4 members (excludes halogenated alkanes) is 2. The molecule has 0 amide bonds. The third-order valence-electron chi connectivity index (χ3n) is 3.18. The second kappa shape index (κ2) is 10.2. The van der Waals surface area contributed by atoms with Gasteiger partial charge >= 0.3 is 5.97 Å². The van der Waals surface area contributed by atoms with E-state index in [2.05, 4.69) is 13.8 Å². The molecule has 1 N–H and O–H groups in total. The lowest BCUT2D eigenvalue weighted by Crippen LogP contribution is -2.29. The molecule has 0 saturated carbocycles. The molecular weight excluding hydrogens is 268 g/mol. The first-order valence-electron chi connectivity index (χ1n) is 7.73. The second-order valence-electron chi connectivity index (χ2n) is 5.10. The molecule has 1 aromatic rings. The highest BCUT2D eigenvalue weighted by atomic mass is 16.6. The van der Waals surface area contributed by atoms with E-state index < -0.39 is 6.10 Å². The standard InChI is InChI=1S/C17H26O4/c1-3-5-11-20-16(17(19)21-12-6-4-2)13-14-7-9-15(18)10-8-14/h7-10,16,18H,3-6,11-13H2,1-2H3/t16-/m1/s1. The largest absolute Gasteiger partial charge is 0.508 e. The smallest absolute Gasteiger partial charge is 0.335 e. The molecule has 118 valence electrons. The van der Waals surface area contributed by atoms with Crippen LogP contribution in [0.4, 0.5) is 0 Å². The van der Waals surface area contributed by atoms with E-state index in [1.54, 1.807) is 24.3 Å². The Kier molecular flexibility index (Phi) is 8.51. The first kappa shape index (κ1) is 17.5. The number of phenolic OH excluding ortho intramolecular Hbond substituents is 1. The van der Waals surface area contributed by atoms with Crippen LogP contribution in [-0.4, -0.2) is 30.4 Å². The number of aromatic hydroxyl groups is 1. The van der Waals surface area contributed by atoms with E-state index in [-0.39, 0.29) is 11.7 Å². The summed E-state index contributed by atoms with van der Waals surface area (Å²) in [6.45, 7) is 5.14. The minimum absolute atomic E-state index is 0.215. The number of esters is 1. The average Bonchev–Trinajstić information content (AvgIpc) is 2.48. The quantitative estimate of drug-likeness (QED) is 0.530. The van der Waals surface area contributed by atoms with Crippen LogP contribution < -0.4 is 0 Å². The fourth-order valence-corrected chi connectivity index (χ4v) is 1.84. The van der Waals surface area contributed by atoms with Gasteiger partial charge in [0.2, 0.25) is 0 Å². The van der Waals surface area contributed by atoms with Crippen molar-refractivity contribution in [1.82, 2.24) is 0 Å². The normalized spacial score (nSPS) is 12.1. The molecule has 0 saturated heterocycles. The monoisotopic (exact) mass is 294 g/mol. The molecule has 4 heteroatoms. The Morgan fingerprint density at radius 1 is 1.10 bits per heavy atom. The van der Waals surface area contributed by atoms with Crippen molar-refractivity contribution in [2.24, 2.45) is 0 Å². The van der Waals surface area contributed by atoms with Gasteiger partial charge in [-0.2, -0.15) is 0 Å². The molecule has 0 bridgehead atoms. The van der Waals surface area contributed by atoms with Crippen LogP contribution in [0.1, 0.15) is 45.1 Å². The van der Waals surface area contributed by atoms with E-state index >= 15 is 0 Å². The van der Waals surface area contributed by atoms with Crippen LogP contribution in [0.5, 0.6) is 5.75 Å². The highest BCUT2D eigenvalue weighted by Crippen LogP contribution is 2.13.